The highest BCUT2D eigenvalue weighted by Crippen LogP contribution is 2.32. The maximum absolute atomic E-state index is 12.5. The molecule has 0 aromatic carbocycles. The van der Waals surface area contributed by atoms with Crippen LogP contribution in [0.3, 0.4) is 0 Å². The van der Waals surface area contributed by atoms with E-state index in [4.69, 9.17) is 16.2 Å². The largest absolute Gasteiger partial charge is 0.447 e. The van der Waals surface area contributed by atoms with E-state index in [9.17, 15) is 24.9 Å². The predicted molar refractivity (Wildman–Crippen MR) is 99.8 cm³/mol. The van der Waals surface area contributed by atoms with E-state index >= 15 is 0 Å². The summed E-state index contributed by atoms with van der Waals surface area (Å²) in [6.45, 7) is 1.04. The number of hydrogen-bond donors (Lipinski definition) is 5. The molecule has 164 valence electrons. The van der Waals surface area contributed by atoms with Gasteiger partial charge in [-0.2, -0.15) is 0 Å². The molecule has 0 radical (unpaired) electrons. The molecule has 0 unspecified atom stereocenters. The van der Waals surface area contributed by atoms with Gasteiger partial charge in [-0.25, -0.2) is 19.7 Å². The van der Waals surface area contributed by atoms with Gasteiger partial charge in [-0.3, -0.25) is 14.3 Å². The van der Waals surface area contributed by atoms with Crippen LogP contribution in [0, 0.1) is 0 Å². The molecule has 2 aromatic rings. The summed E-state index contributed by atoms with van der Waals surface area (Å²) < 4.78 is 11.6. The van der Waals surface area contributed by atoms with E-state index in [1.54, 1.807) is 0 Å². The Morgan fingerprint density at radius 3 is 2.67 bits per heavy atom. The van der Waals surface area contributed by atoms with Crippen molar-refractivity contribution in [3.8, 4) is 0 Å². The molecule has 3 heterocycles. The molecular weight excluding hydrogens is 402 g/mol. The topological polar surface area (TPSA) is 212 Å². The Labute approximate surface area is 170 Å². The van der Waals surface area contributed by atoms with Crippen LogP contribution in [0.25, 0.3) is 11.2 Å². The number of imidazole rings is 1. The summed E-state index contributed by atoms with van der Waals surface area (Å²) in [4.78, 5) is 36.8. The van der Waals surface area contributed by atoms with Crippen molar-refractivity contribution in [3.05, 3.63) is 12.7 Å². The summed E-state index contributed by atoms with van der Waals surface area (Å²) in [5.74, 6) is -0.461. The van der Waals surface area contributed by atoms with Gasteiger partial charge in [0.25, 0.3) is 0 Å². The Balaban J connectivity index is 1.90. The molecule has 3 rings (SSSR count). The highest BCUT2D eigenvalue weighted by molar-refractivity contribution is 6.01. The number of aromatic nitrogens is 4. The number of fused-ring (bicyclic) bond motifs is 1. The number of carbonyl (C=O) groups is 2. The first-order valence-electron chi connectivity index (χ1n) is 8.96. The van der Waals surface area contributed by atoms with Crippen LogP contribution in [0.15, 0.2) is 12.7 Å². The lowest BCUT2D eigenvalue weighted by atomic mass is 10.1. The Morgan fingerprint density at radius 2 is 2.03 bits per heavy atom. The van der Waals surface area contributed by atoms with Crippen LogP contribution < -0.4 is 16.4 Å². The van der Waals surface area contributed by atoms with Crippen LogP contribution in [0.4, 0.5) is 10.6 Å². The van der Waals surface area contributed by atoms with Crippen molar-refractivity contribution in [3.63, 3.8) is 0 Å². The molecule has 6 atom stereocenters. The average molecular weight is 425 g/mol. The molecule has 1 saturated heterocycles. The minimum atomic E-state index is -1.38. The second-order valence-corrected chi connectivity index (χ2v) is 6.86. The summed E-state index contributed by atoms with van der Waals surface area (Å²) in [5, 5.41) is 30.1. The number of anilines is 1. The maximum atomic E-state index is 12.5. The smallest absolute Gasteiger partial charge is 0.404 e. The Kier molecular flexibility index (Phi) is 6.14. The second-order valence-electron chi connectivity index (χ2n) is 6.86. The first-order valence-corrected chi connectivity index (χ1v) is 8.96. The van der Waals surface area contributed by atoms with E-state index in [0.717, 1.165) is 4.90 Å². The first-order chi connectivity index (χ1) is 14.1. The number of amides is 2. The van der Waals surface area contributed by atoms with E-state index in [1.165, 1.54) is 31.2 Å². The number of nitrogens with zero attached hydrogens (tertiary/aromatic N) is 5. The Hall–Kier alpha value is -2.91. The fourth-order valence-corrected chi connectivity index (χ4v) is 3.07. The summed E-state index contributed by atoms with van der Waals surface area (Å²) in [7, 11) is 1.42. The van der Waals surface area contributed by atoms with Gasteiger partial charge in [-0.05, 0) is 6.92 Å². The summed E-state index contributed by atoms with van der Waals surface area (Å²) in [6, 6.07) is -1.16. The van der Waals surface area contributed by atoms with Crippen LogP contribution in [-0.4, -0.2) is 91.0 Å². The van der Waals surface area contributed by atoms with Gasteiger partial charge in [0, 0.05) is 7.05 Å². The van der Waals surface area contributed by atoms with Crippen molar-refractivity contribution < 1.29 is 34.4 Å². The molecule has 2 aromatic heterocycles. The molecule has 0 saturated carbocycles. The van der Waals surface area contributed by atoms with Crippen molar-refractivity contribution in [1.29, 1.82) is 0 Å². The fraction of sp³-hybridized carbons (Fsp3) is 0.562. The molecule has 14 heteroatoms. The molecule has 14 nitrogen and oxygen atoms in total. The van der Waals surface area contributed by atoms with E-state index in [0.29, 0.717) is 0 Å². The SMILES string of the molecule is C[C@@H](O)[C@H](N)C(=O)N(C)c1ncnc2c1ncn2[C@@H]1O[C@H](COC(N)=O)[C@@H](O)[C@H]1O. The van der Waals surface area contributed by atoms with E-state index in [-0.39, 0.29) is 23.6 Å². The van der Waals surface area contributed by atoms with Gasteiger partial charge >= 0.3 is 6.09 Å². The normalized spacial score (nSPS) is 25.8. The van der Waals surface area contributed by atoms with Gasteiger partial charge in [0.05, 0.1) is 12.4 Å². The van der Waals surface area contributed by atoms with E-state index < -0.39 is 48.7 Å². The molecule has 0 aliphatic carbocycles. The second kappa shape index (κ2) is 8.45. The van der Waals surface area contributed by atoms with Crippen molar-refractivity contribution in [1.82, 2.24) is 19.5 Å². The van der Waals surface area contributed by atoms with Gasteiger partial charge < -0.3 is 36.3 Å². The molecule has 7 N–H and O–H groups in total. The van der Waals surface area contributed by atoms with E-state index in [1.807, 2.05) is 0 Å². The van der Waals surface area contributed by atoms with Gasteiger partial charge in [-0.1, -0.05) is 0 Å². The lowest BCUT2D eigenvalue weighted by Crippen LogP contribution is -2.48. The molecule has 2 amide bonds. The zero-order chi connectivity index (χ0) is 22.2. The number of hydrogen-bond acceptors (Lipinski definition) is 11. The van der Waals surface area contributed by atoms with E-state index in [2.05, 4.69) is 19.7 Å². The fourth-order valence-electron chi connectivity index (χ4n) is 3.07. The van der Waals surface area contributed by atoms with Gasteiger partial charge in [0.1, 0.15) is 37.3 Å². The quantitative estimate of drug-likeness (QED) is 0.319. The maximum Gasteiger partial charge on any atom is 0.404 e. The molecule has 30 heavy (non-hydrogen) atoms. The monoisotopic (exact) mass is 425 g/mol. The van der Waals surface area contributed by atoms with Gasteiger partial charge in [-0.15, -0.1) is 0 Å². The minimum absolute atomic E-state index is 0.126. The zero-order valence-corrected chi connectivity index (χ0v) is 16.2. The number of likely N-dealkylation sites (N-methyl/N-ethyl adjacent to an activating group) is 1. The number of primary amides is 1. The number of ether oxygens (including phenoxy) is 2. The summed E-state index contributed by atoms with van der Waals surface area (Å²) in [5.41, 5.74) is 11.0. The van der Waals surface area contributed by atoms with Crippen LogP contribution in [0.1, 0.15) is 13.2 Å². The zero-order valence-electron chi connectivity index (χ0n) is 16.2. The van der Waals surface area contributed by atoms with Crippen molar-refractivity contribution in [2.45, 2.75) is 43.6 Å². The van der Waals surface area contributed by atoms with Crippen LogP contribution in [0.2, 0.25) is 0 Å². The van der Waals surface area contributed by atoms with Gasteiger partial charge in [0.2, 0.25) is 5.91 Å². The Morgan fingerprint density at radius 1 is 1.33 bits per heavy atom. The Bertz CT molecular complexity index is 936. The molecule has 1 fully saturated rings. The molecule has 0 spiro atoms. The number of carbonyl (C=O) groups excluding carboxylic acids is 2. The van der Waals surface area contributed by atoms with Crippen molar-refractivity contribution >= 4 is 29.0 Å². The summed E-state index contributed by atoms with van der Waals surface area (Å²) in [6.07, 6.45) is -4.51. The third-order valence-corrected chi connectivity index (χ3v) is 4.79. The van der Waals surface area contributed by atoms with Crippen molar-refractivity contribution in [2.75, 3.05) is 18.6 Å². The molecular formula is C16H23N7O7. The van der Waals surface area contributed by atoms with Crippen LogP contribution in [-0.2, 0) is 14.3 Å². The minimum Gasteiger partial charge on any atom is -0.447 e. The average Bonchev–Trinajstić information content (AvgIpc) is 3.26. The standard InChI is InChI=1S/C16H23N7O7/c1-6(24)8(17)14(27)22(2)12-9-13(20-4-19-12)23(5-21-9)15-11(26)10(25)7(30-15)3-29-16(18)28/h4-8,10-11,15,24-26H,3,17H2,1-2H3,(H2,18,28)/t6-,7-,8+,10-,11-,15-/m1/s1. The number of aliphatic hydroxyl groups is 3. The molecule has 0 bridgehead atoms. The number of rotatable bonds is 6. The number of aliphatic hydroxyl groups excluding tert-OH is 3. The molecule has 1 aliphatic rings. The number of nitrogens with two attached hydrogens (primary N) is 2. The van der Waals surface area contributed by atoms with Crippen molar-refractivity contribution in [2.24, 2.45) is 11.5 Å². The van der Waals surface area contributed by atoms with Crippen LogP contribution >= 0.6 is 0 Å². The highest BCUT2D eigenvalue weighted by Gasteiger charge is 2.45. The highest BCUT2D eigenvalue weighted by atomic mass is 16.6. The summed E-state index contributed by atoms with van der Waals surface area (Å²) >= 11 is 0. The lowest BCUT2D eigenvalue weighted by Gasteiger charge is -2.22. The molecule has 1 aliphatic heterocycles. The third kappa shape index (κ3) is 3.90. The van der Waals surface area contributed by atoms with Gasteiger partial charge in [0.15, 0.2) is 23.2 Å². The van der Waals surface area contributed by atoms with Crippen LogP contribution in [0.5, 0.6) is 0 Å². The third-order valence-electron chi connectivity index (χ3n) is 4.79. The lowest BCUT2D eigenvalue weighted by molar-refractivity contribution is -0.121. The predicted octanol–water partition coefficient (Wildman–Crippen LogP) is -2.79. The first kappa shape index (κ1) is 21.8.